The van der Waals surface area contributed by atoms with Gasteiger partial charge >= 0.3 is 5.78 Å². The van der Waals surface area contributed by atoms with Crippen LogP contribution < -0.4 is 38.6 Å². The summed E-state index contributed by atoms with van der Waals surface area (Å²) in [5.41, 5.74) is 10.4. The van der Waals surface area contributed by atoms with Gasteiger partial charge in [-0.05, 0) is 85.7 Å². The Balaban J connectivity index is 1.62. The third kappa shape index (κ3) is 11.4. The highest BCUT2D eigenvalue weighted by Gasteiger charge is 2.30. The lowest BCUT2D eigenvalue weighted by atomic mass is 9.87. The van der Waals surface area contributed by atoms with Crippen molar-refractivity contribution < 1.29 is 42.3 Å². The van der Waals surface area contributed by atoms with Crippen LogP contribution in [0.1, 0.15) is 76.6 Å². The SMILES string of the molecule is COC1=C2CC(=[O+]C)C(=C1)Cc1cc(OC)c(cc1OC)Cc1cc(OC)c(cc1OC)Cc1cc(=[O+][CH-]CCCBr)c(c[c-]1OCCCCBr)Cc1cc(OC)c(cc1OC)C2. The zero-order valence-electron chi connectivity index (χ0n) is 37.8. The summed E-state index contributed by atoms with van der Waals surface area (Å²) in [6.45, 7) is 2.44. The van der Waals surface area contributed by atoms with Crippen molar-refractivity contribution in [2.45, 2.75) is 64.2 Å². The first kappa shape index (κ1) is 47.5. The Hall–Kier alpha value is -4.94. The first-order valence-electron chi connectivity index (χ1n) is 21.2. The predicted octanol–water partition coefficient (Wildman–Crippen LogP) is 10.1. The van der Waals surface area contributed by atoms with Gasteiger partial charge in [-0.3, -0.25) is 4.42 Å². The van der Waals surface area contributed by atoms with Crippen molar-refractivity contribution in [3.05, 3.63) is 132 Å². The van der Waals surface area contributed by atoms with E-state index in [-0.39, 0.29) is 0 Å². The van der Waals surface area contributed by atoms with Gasteiger partial charge in [-0.2, -0.15) is 0 Å². The molecule has 0 saturated carbocycles. The number of hydrogen-bond donors (Lipinski definition) is 0. The van der Waals surface area contributed by atoms with Crippen molar-refractivity contribution in [1.29, 1.82) is 0 Å². The molecule has 0 spiro atoms. The summed E-state index contributed by atoms with van der Waals surface area (Å²) in [7, 11) is 13.6. The minimum Gasteiger partial charge on any atom is -0.551 e. The number of halogens is 2. The fraction of sp³-hybridized carbons (Fsp3) is 0.412. The Bertz CT molecular complexity index is 2390. The number of hydrogen-bond acceptors (Lipinski definition) is 8. The second-order valence-corrected chi connectivity index (χ2v) is 17.0. The molecule has 0 saturated heterocycles. The lowest BCUT2D eigenvalue weighted by Gasteiger charge is -2.24. The predicted molar refractivity (Wildman–Crippen MR) is 256 cm³/mol. The molecule has 10 nitrogen and oxygen atoms in total. The number of unbranched alkanes of at least 4 members (excludes halogenated alkanes) is 2. The largest absolute Gasteiger partial charge is 0.551 e. The fourth-order valence-electron chi connectivity index (χ4n) is 8.25. The highest BCUT2D eigenvalue weighted by atomic mass is 79.9. The fourth-order valence-corrected chi connectivity index (χ4v) is 8.97. The van der Waals surface area contributed by atoms with Crippen LogP contribution in [0.15, 0.2) is 75.9 Å². The maximum Gasteiger partial charge on any atom is 0.326 e. The highest BCUT2D eigenvalue weighted by molar-refractivity contribution is 9.09. The maximum absolute atomic E-state index is 6.64. The summed E-state index contributed by atoms with van der Waals surface area (Å²) in [4.78, 5) is 0. The number of allylic oxidation sites excluding steroid dienone is 3. The lowest BCUT2D eigenvalue weighted by Crippen LogP contribution is -2.17. The van der Waals surface area contributed by atoms with E-state index >= 15 is 0 Å². The Kier molecular flexibility index (Phi) is 17.4. The molecule has 0 unspecified atom stereocenters. The van der Waals surface area contributed by atoms with Gasteiger partial charge in [-0.15, -0.1) is 23.3 Å². The molecule has 0 heterocycles. The third-order valence-corrected chi connectivity index (χ3v) is 12.6. The zero-order chi connectivity index (χ0) is 44.9. The first-order chi connectivity index (χ1) is 30.7. The van der Waals surface area contributed by atoms with Gasteiger partial charge in [-0.25, -0.2) is 0 Å². The normalized spacial score (nSPS) is 14.7. The van der Waals surface area contributed by atoms with Crippen LogP contribution >= 0.6 is 31.9 Å². The Morgan fingerprint density at radius 1 is 0.556 bits per heavy atom. The van der Waals surface area contributed by atoms with Gasteiger partial charge in [0.15, 0.2) is 0 Å². The molecular weight excluding hydrogens is 932 g/mol. The van der Waals surface area contributed by atoms with Crippen LogP contribution in [0.4, 0.5) is 0 Å². The lowest BCUT2D eigenvalue weighted by molar-refractivity contribution is -0.420. The molecule has 4 aromatic carbocycles. The molecule has 0 aliphatic heterocycles. The van der Waals surface area contributed by atoms with E-state index < -0.39 is 0 Å². The number of ketones is 1. The summed E-state index contributed by atoms with van der Waals surface area (Å²) in [5.74, 6) is 6.78. The summed E-state index contributed by atoms with van der Waals surface area (Å²) in [6.07, 6.45) is 8.80. The van der Waals surface area contributed by atoms with Gasteiger partial charge in [0.1, 0.15) is 46.9 Å². The van der Waals surface area contributed by atoms with Crippen molar-refractivity contribution in [3.63, 3.8) is 0 Å². The summed E-state index contributed by atoms with van der Waals surface area (Å²) >= 11 is 7.14. The average molecular weight is 993 g/mol. The Morgan fingerprint density at radius 3 is 1.54 bits per heavy atom. The van der Waals surface area contributed by atoms with Crippen LogP contribution in [-0.2, 0) is 41.3 Å². The molecule has 15 rings (SSSR count). The summed E-state index contributed by atoms with van der Waals surface area (Å²) in [5, 5.41) is 1.78. The van der Waals surface area contributed by atoms with E-state index in [0.29, 0.717) is 45.1 Å². The molecule has 63 heavy (non-hydrogen) atoms. The average Bonchev–Trinajstić information content (AvgIpc) is 3.30. The van der Waals surface area contributed by atoms with Crippen LogP contribution in [-0.4, -0.2) is 79.9 Å². The molecule has 4 aromatic rings. The van der Waals surface area contributed by atoms with Crippen LogP contribution in [0, 0.1) is 6.61 Å². The number of alkyl halides is 2. The van der Waals surface area contributed by atoms with Crippen molar-refractivity contribution >= 4 is 37.6 Å². The van der Waals surface area contributed by atoms with Gasteiger partial charge in [0.05, 0.1) is 73.8 Å². The van der Waals surface area contributed by atoms with Crippen molar-refractivity contribution in [2.75, 3.05) is 74.1 Å². The number of benzene rings is 4. The number of ether oxygens (including phenoxy) is 8. The topological polar surface area (TPSA) is 96.4 Å². The van der Waals surface area contributed by atoms with Gasteiger partial charge in [0.25, 0.3) is 7.11 Å². The van der Waals surface area contributed by atoms with E-state index in [0.717, 1.165) is 149 Å². The van der Waals surface area contributed by atoms with E-state index in [1.807, 2.05) is 18.7 Å². The van der Waals surface area contributed by atoms with Crippen LogP contribution in [0.3, 0.4) is 0 Å². The second-order valence-electron chi connectivity index (χ2n) is 15.4. The van der Waals surface area contributed by atoms with Crippen molar-refractivity contribution in [2.24, 2.45) is 0 Å². The van der Waals surface area contributed by atoms with Gasteiger partial charge in [-0.1, -0.05) is 38.3 Å². The molecular formula is C51H60Br2O10. The molecule has 0 atom stereocenters. The summed E-state index contributed by atoms with van der Waals surface area (Å²) < 4.78 is 61.9. The third-order valence-electron chi connectivity index (χ3n) is 11.5. The Morgan fingerprint density at radius 2 is 1.05 bits per heavy atom. The van der Waals surface area contributed by atoms with E-state index in [9.17, 15) is 0 Å². The molecule has 0 N–H and O–H groups in total. The molecule has 11 aliphatic rings. The smallest absolute Gasteiger partial charge is 0.326 e. The monoisotopic (exact) mass is 990 g/mol. The molecule has 0 aromatic heterocycles. The zero-order valence-corrected chi connectivity index (χ0v) is 41.0. The number of carbonyl (C=O) groups excluding carboxylic acids is 1. The Labute approximate surface area is 389 Å². The van der Waals surface area contributed by atoms with Gasteiger partial charge < -0.3 is 42.3 Å². The number of methoxy groups -OCH3 is 7. The summed E-state index contributed by atoms with van der Waals surface area (Å²) in [6, 6.07) is 16.6. The minimum absolute atomic E-state index is 0.498. The molecule has 12 heteroatoms. The van der Waals surface area contributed by atoms with Crippen LogP contribution in [0.2, 0.25) is 0 Å². The quantitative estimate of drug-likeness (QED) is 0.0474. The maximum atomic E-state index is 6.64. The molecule has 0 fully saturated rings. The number of rotatable bonds is 16. The van der Waals surface area contributed by atoms with Crippen LogP contribution in [0.25, 0.3) is 0 Å². The first-order valence-corrected chi connectivity index (χ1v) is 23.5. The van der Waals surface area contributed by atoms with E-state index in [1.54, 1.807) is 56.9 Å². The van der Waals surface area contributed by atoms with Gasteiger partial charge in [0, 0.05) is 63.5 Å². The molecule has 10 bridgehead atoms. The van der Waals surface area contributed by atoms with Gasteiger partial charge in [0.2, 0.25) is 0 Å². The van der Waals surface area contributed by atoms with Crippen molar-refractivity contribution in [1.82, 2.24) is 0 Å². The van der Waals surface area contributed by atoms with E-state index in [4.69, 9.17) is 46.7 Å². The molecule has 0 radical (unpaired) electrons. The van der Waals surface area contributed by atoms with Crippen LogP contribution in [0.5, 0.6) is 40.2 Å². The standard InChI is InChI=1S/C51H60Br2O10/c1-54-42-24-34-18-36-26-48(60-7)38(28-46(36)58-5)20-40-30-51(63-16-12-10-14-53)41(31-50(40)62-15-11-9-13-52)21-39-29-47(59-6)37(27-49(39)61-8)19-35-25-43(55-2)33(23-45(35)57-4)17-32(42)22-44(34)56-3/h15,22-23,25-31H,9-14,16-21,24H2,1-8H3. The molecule has 0 amide bonds. The highest BCUT2D eigenvalue weighted by Crippen LogP contribution is 2.40. The minimum atomic E-state index is 0.498. The van der Waals surface area contributed by atoms with E-state index in [2.05, 4.69) is 74.3 Å². The van der Waals surface area contributed by atoms with Crippen molar-refractivity contribution in [3.8, 4) is 40.2 Å². The van der Waals surface area contributed by atoms with E-state index in [1.165, 1.54) is 0 Å². The second kappa shape index (κ2) is 23.1. The molecule has 338 valence electrons. The molecule has 11 aliphatic carbocycles.